The van der Waals surface area contributed by atoms with E-state index in [1.54, 1.807) is 0 Å². The number of ether oxygens (including phenoxy) is 2. The van der Waals surface area contributed by atoms with Crippen LogP contribution in [0, 0.1) is 0 Å². The monoisotopic (exact) mass is 710 g/mol. The van der Waals surface area contributed by atoms with Gasteiger partial charge in [0.15, 0.2) is 6.10 Å². The van der Waals surface area contributed by atoms with Crippen LogP contribution in [-0.4, -0.2) is 75.3 Å². The van der Waals surface area contributed by atoms with Crippen LogP contribution in [0.1, 0.15) is 168 Å². The quantitative estimate of drug-likeness (QED) is 0.0168. The van der Waals surface area contributed by atoms with Crippen LogP contribution >= 0.6 is 7.82 Å². The van der Waals surface area contributed by atoms with Crippen molar-refractivity contribution in [2.45, 2.75) is 174 Å². The Morgan fingerprint density at radius 1 is 0.625 bits per heavy atom. The third-order valence-corrected chi connectivity index (χ3v) is 9.19. The molecule has 0 saturated carbocycles. The molecule has 0 unspecified atom stereocenters. The lowest BCUT2D eigenvalue weighted by Gasteiger charge is -2.24. The fraction of sp³-hybridized carbons (Fsp3) is 0.944. The van der Waals surface area contributed by atoms with Gasteiger partial charge < -0.3 is 14.0 Å². The summed E-state index contributed by atoms with van der Waals surface area (Å²) in [6.07, 6.45) is 25.7. The van der Waals surface area contributed by atoms with Gasteiger partial charge in [0.25, 0.3) is 0 Å². The average Bonchev–Trinajstić information content (AvgIpc) is 3.04. The van der Waals surface area contributed by atoms with Crippen LogP contribution in [0.15, 0.2) is 0 Å². The maximum Gasteiger partial charge on any atom is 0.529 e. The van der Waals surface area contributed by atoms with Crippen molar-refractivity contribution < 1.29 is 52.1 Å². The molecule has 0 saturated heterocycles. The number of unbranched alkanes of at least 4 members (excludes halogenated alkanes) is 20. The highest BCUT2D eigenvalue weighted by Crippen LogP contribution is 2.48. The van der Waals surface area contributed by atoms with Crippen LogP contribution in [0.25, 0.3) is 0 Å². The van der Waals surface area contributed by atoms with Crippen molar-refractivity contribution >= 4 is 19.8 Å². The van der Waals surface area contributed by atoms with Gasteiger partial charge in [0.05, 0.1) is 21.1 Å². The Bertz CT molecular complexity index is 808. The maximum atomic E-state index is 12.5. The molecule has 0 spiro atoms. The Morgan fingerprint density at radius 2 is 1.04 bits per heavy atom. The lowest BCUT2D eigenvalue weighted by atomic mass is 10.0. The number of hydrogen-bond acceptors (Lipinski definition) is 10. The first kappa shape index (κ1) is 46.9. The van der Waals surface area contributed by atoms with E-state index in [1.165, 1.54) is 96.3 Å². The Balaban J connectivity index is 4.41. The van der Waals surface area contributed by atoms with Gasteiger partial charge in [-0.1, -0.05) is 142 Å². The molecule has 0 radical (unpaired) electrons. The Kier molecular flexibility index (Phi) is 31.2. The molecule has 0 aromatic heterocycles. The SMILES string of the molecule is CCCCCCCCCCCCCCCCCC(=O)OC[C@H](COO[P@@](=O)(OO)OCC[N+](C)(C)C)OC(=O)CCCCCCCCC. The van der Waals surface area contributed by atoms with Crippen LogP contribution in [0.2, 0.25) is 0 Å². The number of phosphoric acid groups is 1. The summed E-state index contributed by atoms with van der Waals surface area (Å²) in [5, 5.41) is 9.07. The second kappa shape index (κ2) is 31.9. The number of quaternary nitrogens is 1. The second-order valence-corrected chi connectivity index (χ2v) is 15.6. The third kappa shape index (κ3) is 32.2. The molecule has 0 bridgehead atoms. The molecular weight excluding hydrogens is 637 g/mol. The third-order valence-electron chi connectivity index (χ3n) is 8.21. The standard InChI is InChI=1S/C36H72NO10P/c1-6-8-10-12-14-15-16-17-18-19-20-21-23-24-26-28-35(38)42-32-34(45-36(39)29-27-25-22-13-11-9-7-2)33-43-47-48(41,46-40)44-31-30-37(3,4)5/h34H,6-33H2,1-5H3/p+1/t34-,48-/m1/s1. The van der Waals surface area contributed by atoms with Gasteiger partial charge in [-0.3, -0.25) is 14.1 Å². The average molecular weight is 711 g/mol. The molecule has 0 aliphatic heterocycles. The zero-order valence-electron chi connectivity index (χ0n) is 31.4. The van der Waals surface area contributed by atoms with Gasteiger partial charge in [0.1, 0.15) is 26.4 Å². The number of rotatable bonds is 36. The Labute approximate surface area is 293 Å². The first-order chi connectivity index (χ1) is 23.0. The molecule has 11 nitrogen and oxygen atoms in total. The molecule has 0 amide bonds. The lowest BCUT2D eigenvalue weighted by Crippen LogP contribution is -2.37. The number of esters is 2. The number of carbonyl (C=O) groups excluding carboxylic acids is 2. The van der Waals surface area contributed by atoms with Crippen LogP contribution in [-0.2, 0) is 42.4 Å². The van der Waals surface area contributed by atoms with Gasteiger partial charge in [-0.2, -0.15) is 0 Å². The number of carbonyl (C=O) groups is 2. The molecule has 1 N–H and O–H groups in total. The van der Waals surface area contributed by atoms with Gasteiger partial charge in [0, 0.05) is 12.8 Å². The number of nitrogens with zero attached hydrogens (tertiary/aromatic N) is 1. The summed E-state index contributed by atoms with van der Waals surface area (Å²) in [6, 6.07) is 0. The second-order valence-electron chi connectivity index (χ2n) is 14.1. The summed E-state index contributed by atoms with van der Waals surface area (Å²) in [4.78, 5) is 29.9. The molecule has 0 rings (SSSR count). The summed E-state index contributed by atoms with van der Waals surface area (Å²) < 4.78 is 37.6. The molecule has 0 aliphatic rings. The number of likely N-dealkylation sites (N-methyl/N-ethyl adjacent to an activating group) is 1. The molecule has 0 aromatic rings. The predicted octanol–water partition coefficient (Wildman–Crippen LogP) is 10.1. The summed E-state index contributed by atoms with van der Waals surface area (Å²) in [6.45, 7) is 4.22. The molecule has 0 heterocycles. The molecule has 12 heteroatoms. The van der Waals surface area contributed by atoms with E-state index in [4.69, 9.17) is 28.8 Å². The molecule has 48 heavy (non-hydrogen) atoms. The van der Waals surface area contributed by atoms with E-state index in [0.29, 0.717) is 17.4 Å². The normalized spacial score (nSPS) is 13.7. The number of hydrogen-bond donors (Lipinski definition) is 1. The first-order valence-electron chi connectivity index (χ1n) is 19.1. The van der Waals surface area contributed by atoms with Crippen molar-refractivity contribution in [2.24, 2.45) is 0 Å². The minimum Gasteiger partial charge on any atom is -0.462 e. The smallest absolute Gasteiger partial charge is 0.462 e. The van der Waals surface area contributed by atoms with Crippen molar-refractivity contribution in [1.29, 1.82) is 0 Å². The van der Waals surface area contributed by atoms with E-state index in [1.807, 2.05) is 21.1 Å². The lowest BCUT2D eigenvalue weighted by molar-refractivity contribution is -0.870. The minimum absolute atomic E-state index is 0.0293. The maximum absolute atomic E-state index is 12.5. The fourth-order valence-electron chi connectivity index (χ4n) is 5.14. The fourth-order valence-corrected chi connectivity index (χ4v) is 5.75. The van der Waals surface area contributed by atoms with Crippen LogP contribution in [0.3, 0.4) is 0 Å². The predicted molar refractivity (Wildman–Crippen MR) is 190 cm³/mol. The summed E-state index contributed by atoms with van der Waals surface area (Å²) >= 11 is 0. The largest absolute Gasteiger partial charge is 0.529 e. The van der Waals surface area contributed by atoms with E-state index < -0.39 is 26.5 Å². The zero-order chi connectivity index (χ0) is 35.8. The van der Waals surface area contributed by atoms with E-state index in [-0.39, 0.29) is 32.0 Å². The highest BCUT2D eigenvalue weighted by Gasteiger charge is 2.31. The van der Waals surface area contributed by atoms with Crippen molar-refractivity contribution in [1.82, 2.24) is 0 Å². The summed E-state index contributed by atoms with van der Waals surface area (Å²) in [5.41, 5.74) is 0. The highest BCUT2D eigenvalue weighted by atomic mass is 31.2. The molecule has 286 valence electrons. The zero-order valence-corrected chi connectivity index (χ0v) is 32.3. The van der Waals surface area contributed by atoms with Crippen molar-refractivity contribution in [2.75, 3.05) is 47.5 Å². The Morgan fingerprint density at radius 3 is 1.46 bits per heavy atom. The molecule has 0 aromatic carbocycles. The highest BCUT2D eigenvalue weighted by molar-refractivity contribution is 7.48. The molecule has 2 atom stereocenters. The van der Waals surface area contributed by atoms with E-state index in [9.17, 15) is 14.2 Å². The van der Waals surface area contributed by atoms with Crippen LogP contribution in [0.5, 0.6) is 0 Å². The van der Waals surface area contributed by atoms with Gasteiger partial charge in [-0.05, 0) is 12.8 Å². The van der Waals surface area contributed by atoms with Crippen molar-refractivity contribution in [3.63, 3.8) is 0 Å². The van der Waals surface area contributed by atoms with Gasteiger partial charge >= 0.3 is 19.8 Å². The van der Waals surface area contributed by atoms with Gasteiger partial charge in [-0.15, -0.1) is 9.35 Å². The van der Waals surface area contributed by atoms with Crippen LogP contribution in [0.4, 0.5) is 0 Å². The van der Waals surface area contributed by atoms with Crippen molar-refractivity contribution in [3.05, 3.63) is 0 Å². The molecule has 0 fully saturated rings. The Hall–Kier alpha value is -1.07. The summed E-state index contributed by atoms with van der Waals surface area (Å²) in [5.74, 6) is -0.830. The topological polar surface area (TPSA) is 127 Å². The summed E-state index contributed by atoms with van der Waals surface area (Å²) in [7, 11) is 1.33. The van der Waals surface area contributed by atoms with E-state index in [2.05, 4.69) is 18.5 Å². The molecule has 0 aliphatic carbocycles. The first-order valence-corrected chi connectivity index (χ1v) is 20.6. The molecular formula is C36H73NO10P+. The van der Waals surface area contributed by atoms with E-state index in [0.717, 1.165) is 38.5 Å². The van der Waals surface area contributed by atoms with Gasteiger partial charge in [-0.25, -0.2) is 14.7 Å². The van der Waals surface area contributed by atoms with E-state index >= 15 is 0 Å². The van der Waals surface area contributed by atoms with Crippen LogP contribution < -0.4 is 0 Å². The minimum atomic E-state index is -4.41. The van der Waals surface area contributed by atoms with Crippen molar-refractivity contribution in [3.8, 4) is 0 Å². The van der Waals surface area contributed by atoms with Gasteiger partial charge in [0.2, 0.25) is 0 Å².